The summed E-state index contributed by atoms with van der Waals surface area (Å²) in [5.41, 5.74) is -0.108. The number of halogens is 1. The van der Waals surface area contributed by atoms with Gasteiger partial charge in [0.2, 0.25) is 5.91 Å². The third kappa shape index (κ3) is 3.72. The van der Waals surface area contributed by atoms with Gasteiger partial charge in [-0.15, -0.1) is 12.4 Å². The summed E-state index contributed by atoms with van der Waals surface area (Å²) >= 11 is 0. The van der Waals surface area contributed by atoms with Crippen molar-refractivity contribution in [3.05, 3.63) is 0 Å². The lowest BCUT2D eigenvalue weighted by atomic mass is 9.67. The third-order valence-electron chi connectivity index (χ3n) is 5.43. The number of rotatable bonds is 6. The predicted molar refractivity (Wildman–Crippen MR) is 85.7 cm³/mol. The Bertz CT molecular complexity index is 362. The zero-order chi connectivity index (χ0) is 14.0. The minimum Gasteiger partial charge on any atom is -0.379 e. The van der Waals surface area contributed by atoms with E-state index < -0.39 is 0 Å². The van der Waals surface area contributed by atoms with E-state index in [-0.39, 0.29) is 17.8 Å². The highest BCUT2D eigenvalue weighted by Gasteiger charge is 2.50. The number of carbonyl (C=O) groups excluding carboxylic acids is 1. The first-order valence-corrected chi connectivity index (χ1v) is 8.26. The first-order chi connectivity index (χ1) is 9.72. The van der Waals surface area contributed by atoms with Crippen molar-refractivity contribution >= 4 is 18.3 Å². The number of likely N-dealkylation sites (N-methyl/N-ethyl adjacent to an activating group) is 1. The lowest BCUT2D eigenvalue weighted by Gasteiger charge is -2.39. The van der Waals surface area contributed by atoms with Gasteiger partial charge in [-0.1, -0.05) is 12.8 Å². The van der Waals surface area contributed by atoms with Gasteiger partial charge >= 0.3 is 0 Å². The quantitative estimate of drug-likeness (QED) is 0.763. The van der Waals surface area contributed by atoms with E-state index in [0.717, 1.165) is 38.6 Å². The highest BCUT2D eigenvalue weighted by molar-refractivity contribution is 5.85. The summed E-state index contributed by atoms with van der Waals surface area (Å²) in [5, 5.41) is 3.45. The number of nitrogens with zero attached hydrogens (tertiary/aromatic N) is 1. The topological polar surface area (TPSA) is 41.6 Å². The van der Waals surface area contributed by atoms with Crippen molar-refractivity contribution in [1.29, 1.82) is 0 Å². The van der Waals surface area contributed by atoms with Crippen LogP contribution in [0.15, 0.2) is 0 Å². The summed E-state index contributed by atoms with van der Waals surface area (Å²) in [7, 11) is 1.95. The number of hydrogen-bond donors (Lipinski definition) is 1. The standard InChI is InChI=1S/C16H28N2O2.ClH/c1-18(8-9-20-11-13-5-6-13)15(19)16-7-3-2-4-14(16)10-17-12-16;/h13-14,17H,2-12H2,1H3;1H/t14-,16+;/m0./s1. The molecule has 1 aliphatic heterocycles. The number of carbonyl (C=O) groups is 1. The van der Waals surface area contributed by atoms with Crippen LogP contribution in [0.3, 0.4) is 0 Å². The second-order valence-corrected chi connectivity index (χ2v) is 6.97. The van der Waals surface area contributed by atoms with Crippen LogP contribution in [-0.4, -0.2) is 50.7 Å². The molecular weight excluding hydrogens is 288 g/mol. The van der Waals surface area contributed by atoms with E-state index in [2.05, 4.69) is 5.32 Å². The summed E-state index contributed by atoms with van der Waals surface area (Å²) in [6, 6.07) is 0. The van der Waals surface area contributed by atoms with Gasteiger partial charge < -0.3 is 15.0 Å². The van der Waals surface area contributed by atoms with Crippen LogP contribution in [0.5, 0.6) is 0 Å². The summed E-state index contributed by atoms with van der Waals surface area (Å²) in [6.45, 7) is 4.21. The van der Waals surface area contributed by atoms with Gasteiger partial charge in [-0.3, -0.25) is 4.79 Å². The molecular formula is C16H29ClN2O2. The summed E-state index contributed by atoms with van der Waals surface area (Å²) < 4.78 is 5.67. The number of amides is 1. The Hall–Kier alpha value is -0.320. The number of fused-ring (bicyclic) bond motifs is 1. The minimum atomic E-state index is -0.108. The van der Waals surface area contributed by atoms with E-state index >= 15 is 0 Å². The smallest absolute Gasteiger partial charge is 0.230 e. The predicted octanol–water partition coefficient (Wildman–Crippen LogP) is 2.07. The Balaban J connectivity index is 0.00000161. The molecule has 1 saturated heterocycles. The average Bonchev–Trinajstić information content (AvgIpc) is 3.19. The Morgan fingerprint density at radius 3 is 2.90 bits per heavy atom. The van der Waals surface area contributed by atoms with E-state index in [1.807, 2.05) is 11.9 Å². The molecule has 0 unspecified atom stereocenters. The van der Waals surface area contributed by atoms with Crippen molar-refractivity contribution in [2.24, 2.45) is 17.3 Å². The SMILES string of the molecule is CN(CCOCC1CC1)C(=O)[C@@]12CCCC[C@H]1CNC2.Cl. The van der Waals surface area contributed by atoms with Crippen LogP contribution < -0.4 is 5.32 Å². The molecule has 2 aliphatic carbocycles. The first-order valence-electron chi connectivity index (χ1n) is 8.26. The molecule has 2 saturated carbocycles. The van der Waals surface area contributed by atoms with Gasteiger partial charge in [0, 0.05) is 26.7 Å². The molecule has 5 heteroatoms. The van der Waals surface area contributed by atoms with Crippen molar-refractivity contribution in [3.8, 4) is 0 Å². The lowest BCUT2D eigenvalue weighted by Crippen LogP contribution is -2.49. The van der Waals surface area contributed by atoms with Crippen LogP contribution in [0.1, 0.15) is 38.5 Å². The largest absolute Gasteiger partial charge is 0.379 e. The second-order valence-electron chi connectivity index (χ2n) is 6.97. The molecule has 0 bridgehead atoms. The number of hydrogen-bond acceptors (Lipinski definition) is 3. The van der Waals surface area contributed by atoms with Gasteiger partial charge in [-0.25, -0.2) is 0 Å². The monoisotopic (exact) mass is 316 g/mol. The van der Waals surface area contributed by atoms with E-state index in [1.165, 1.54) is 32.1 Å². The molecule has 0 radical (unpaired) electrons. The molecule has 0 aromatic carbocycles. The molecule has 1 N–H and O–H groups in total. The van der Waals surface area contributed by atoms with Gasteiger partial charge in [0.1, 0.15) is 0 Å². The van der Waals surface area contributed by atoms with Crippen molar-refractivity contribution in [3.63, 3.8) is 0 Å². The molecule has 1 heterocycles. The Labute approximate surface area is 134 Å². The van der Waals surface area contributed by atoms with Gasteiger partial charge in [0.15, 0.2) is 0 Å². The van der Waals surface area contributed by atoms with E-state index in [1.54, 1.807) is 0 Å². The van der Waals surface area contributed by atoms with Crippen LogP contribution in [0.2, 0.25) is 0 Å². The lowest BCUT2D eigenvalue weighted by molar-refractivity contribution is -0.144. The van der Waals surface area contributed by atoms with E-state index in [0.29, 0.717) is 18.4 Å². The van der Waals surface area contributed by atoms with E-state index in [4.69, 9.17) is 4.74 Å². The highest BCUT2D eigenvalue weighted by atomic mass is 35.5. The van der Waals surface area contributed by atoms with Gasteiger partial charge in [0.25, 0.3) is 0 Å². The maximum Gasteiger partial charge on any atom is 0.230 e. The molecule has 0 aromatic rings. The Morgan fingerprint density at radius 2 is 2.14 bits per heavy atom. The second kappa shape index (κ2) is 7.30. The molecule has 3 rings (SSSR count). The van der Waals surface area contributed by atoms with Crippen molar-refractivity contribution < 1.29 is 9.53 Å². The van der Waals surface area contributed by atoms with Crippen LogP contribution in [-0.2, 0) is 9.53 Å². The van der Waals surface area contributed by atoms with Crippen LogP contribution in [0.25, 0.3) is 0 Å². The zero-order valence-corrected chi connectivity index (χ0v) is 13.9. The first kappa shape index (κ1) is 17.0. The van der Waals surface area contributed by atoms with Gasteiger partial charge in [0.05, 0.1) is 12.0 Å². The van der Waals surface area contributed by atoms with Crippen molar-refractivity contribution in [2.75, 3.05) is 39.9 Å². The average molecular weight is 317 g/mol. The molecule has 21 heavy (non-hydrogen) atoms. The molecule has 3 aliphatic rings. The summed E-state index contributed by atoms with van der Waals surface area (Å²) in [6.07, 6.45) is 7.42. The maximum absolute atomic E-state index is 12.9. The molecule has 4 nitrogen and oxygen atoms in total. The molecule has 0 aromatic heterocycles. The summed E-state index contributed by atoms with van der Waals surface area (Å²) in [5.74, 6) is 1.71. The van der Waals surface area contributed by atoms with Crippen LogP contribution in [0, 0.1) is 17.3 Å². The molecule has 0 spiro atoms. The molecule has 3 fully saturated rings. The molecule has 122 valence electrons. The van der Waals surface area contributed by atoms with Gasteiger partial charge in [-0.2, -0.15) is 0 Å². The maximum atomic E-state index is 12.9. The number of nitrogens with one attached hydrogen (secondary N) is 1. The Morgan fingerprint density at radius 1 is 1.33 bits per heavy atom. The molecule has 1 amide bonds. The van der Waals surface area contributed by atoms with Crippen molar-refractivity contribution in [1.82, 2.24) is 10.2 Å². The van der Waals surface area contributed by atoms with Gasteiger partial charge in [-0.05, 0) is 44.1 Å². The zero-order valence-electron chi connectivity index (χ0n) is 13.1. The fourth-order valence-corrected chi connectivity index (χ4v) is 3.89. The normalized spacial score (nSPS) is 31.4. The van der Waals surface area contributed by atoms with E-state index in [9.17, 15) is 4.79 Å². The third-order valence-corrected chi connectivity index (χ3v) is 5.43. The highest BCUT2D eigenvalue weighted by Crippen LogP contribution is 2.44. The Kier molecular flexibility index (Phi) is 5.92. The van der Waals surface area contributed by atoms with Crippen molar-refractivity contribution in [2.45, 2.75) is 38.5 Å². The minimum absolute atomic E-state index is 0. The fraction of sp³-hybridized carbons (Fsp3) is 0.938. The van der Waals surface area contributed by atoms with Crippen LogP contribution >= 0.6 is 12.4 Å². The fourth-order valence-electron chi connectivity index (χ4n) is 3.89. The van der Waals surface area contributed by atoms with Crippen LogP contribution in [0.4, 0.5) is 0 Å². The number of ether oxygens (including phenoxy) is 1. The molecule has 2 atom stereocenters. The summed E-state index contributed by atoms with van der Waals surface area (Å²) in [4.78, 5) is 14.8.